The van der Waals surface area contributed by atoms with E-state index in [1.807, 2.05) is 0 Å². The van der Waals surface area contributed by atoms with Crippen LogP contribution in [-0.4, -0.2) is 49.1 Å². The highest BCUT2D eigenvalue weighted by Gasteiger charge is 2.35. The Bertz CT molecular complexity index is 647. The molecule has 98 valence electrons. The molecular weight excluding hydrogens is 248 g/mol. The van der Waals surface area contributed by atoms with Gasteiger partial charge in [-0.15, -0.1) is 0 Å². The predicted octanol–water partition coefficient (Wildman–Crippen LogP) is 0.418. The third kappa shape index (κ3) is 2.14. The Morgan fingerprint density at radius 2 is 2.21 bits per heavy atom. The summed E-state index contributed by atoms with van der Waals surface area (Å²) in [7, 11) is 0. The number of aliphatic carboxylic acids is 1. The van der Waals surface area contributed by atoms with E-state index in [0.29, 0.717) is 11.1 Å². The number of carbonyl (C=O) groups is 2. The number of carbonyl (C=O) groups excluding carboxylic acids is 1. The minimum atomic E-state index is -1.00. The van der Waals surface area contributed by atoms with Crippen LogP contribution in [0.2, 0.25) is 0 Å². The Kier molecular flexibility index (Phi) is 2.66. The summed E-state index contributed by atoms with van der Waals surface area (Å²) in [6, 6.07) is 0.0372. The van der Waals surface area contributed by atoms with Crippen molar-refractivity contribution >= 4 is 17.4 Å². The molecule has 0 spiro atoms. The average molecular weight is 260 g/mol. The first kappa shape index (κ1) is 11.6. The zero-order valence-electron chi connectivity index (χ0n) is 10.1. The zero-order chi connectivity index (χ0) is 13.4. The topological polar surface area (TPSA) is 87.8 Å². The quantitative estimate of drug-likeness (QED) is 0.860. The van der Waals surface area contributed by atoms with Gasteiger partial charge in [0.1, 0.15) is 6.54 Å². The van der Waals surface area contributed by atoms with Gasteiger partial charge in [0.05, 0.1) is 23.5 Å². The number of amides is 1. The first-order valence-electron chi connectivity index (χ1n) is 5.97. The third-order valence-electron chi connectivity index (χ3n) is 3.11. The standard InChI is InChI=1S/C12H12N4O3/c17-11(18)7-15(8-1-2-8)12(19)9-5-14-16-4-3-13-6-10(9)16/h3-6,8H,1-2,7H2,(H,17,18). The molecular formula is C12H12N4O3. The Hall–Kier alpha value is -2.44. The van der Waals surface area contributed by atoms with E-state index in [-0.39, 0.29) is 18.5 Å². The molecule has 0 atom stereocenters. The summed E-state index contributed by atoms with van der Waals surface area (Å²) in [4.78, 5) is 28.6. The lowest BCUT2D eigenvalue weighted by molar-refractivity contribution is -0.137. The smallest absolute Gasteiger partial charge is 0.323 e. The van der Waals surface area contributed by atoms with Crippen molar-refractivity contribution in [1.29, 1.82) is 0 Å². The van der Waals surface area contributed by atoms with Gasteiger partial charge in [0, 0.05) is 18.4 Å². The van der Waals surface area contributed by atoms with Gasteiger partial charge in [-0.3, -0.25) is 14.6 Å². The van der Waals surface area contributed by atoms with E-state index in [1.54, 1.807) is 23.1 Å². The van der Waals surface area contributed by atoms with E-state index in [0.717, 1.165) is 12.8 Å². The summed E-state index contributed by atoms with van der Waals surface area (Å²) in [5.74, 6) is -1.30. The molecule has 19 heavy (non-hydrogen) atoms. The van der Waals surface area contributed by atoms with Gasteiger partial charge in [-0.05, 0) is 12.8 Å². The van der Waals surface area contributed by atoms with E-state index in [4.69, 9.17) is 5.11 Å². The Morgan fingerprint density at radius 1 is 1.42 bits per heavy atom. The molecule has 1 fully saturated rings. The second-order valence-electron chi connectivity index (χ2n) is 4.52. The van der Waals surface area contributed by atoms with Crippen molar-refractivity contribution in [3.8, 4) is 0 Å². The first-order valence-corrected chi connectivity index (χ1v) is 5.97. The number of carboxylic acids is 1. The van der Waals surface area contributed by atoms with Crippen LogP contribution in [0.4, 0.5) is 0 Å². The number of hydrogen-bond acceptors (Lipinski definition) is 4. The van der Waals surface area contributed by atoms with Crippen molar-refractivity contribution < 1.29 is 14.7 Å². The molecule has 2 heterocycles. The van der Waals surface area contributed by atoms with E-state index >= 15 is 0 Å². The van der Waals surface area contributed by atoms with Crippen molar-refractivity contribution in [2.45, 2.75) is 18.9 Å². The largest absolute Gasteiger partial charge is 0.480 e. The maximum absolute atomic E-state index is 12.4. The van der Waals surface area contributed by atoms with Crippen molar-refractivity contribution in [3.05, 3.63) is 30.4 Å². The van der Waals surface area contributed by atoms with Crippen LogP contribution in [0.3, 0.4) is 0 Å². The second kappa shape index (κ2) is 4.34. The van der Waals surface area contributed by atoms with Crippen molar-refractivity contribution in [2.75, 3.05) is 6.54 Å². The summed E-state index contributed by atoms with van der Waals surface area (Å²) in [6.45, 7) is -0.277. The van der Waals surface area contributed by atoms with Crippen LogP contribution >= 0.6 is 0 Å². The fourth-order valence-electron chi connectivity index (χ4n) is 2.05. The fourth-order valence-corrected chi connectivity index (χ4v) is 2.05. The molecule has 0 radical (unpaired) electrons. The molecule has 0 bridgehead atoms. The van der Waals surface area contributed by atoms with Gasteiger partial charge in [-0.25, -0.2) is 4.52 Å². The molecule has 1 aliphatic rings. The van der Waals surface area contributed by atoms with Crippen LogP contribution in [0, 0.1) is 0 Å². The molecule has 2 aromatic rings. The maximum atomic E-state index is 12.4. The van der Waals surface area contributed by atoms with Crippen LogP contribution in [0.15, 0.2) is 24.8 Å². The lowest BCUT2D eigenvalue weighted by Crippen LogP contribution is -2.37. The van der Waals surface area contributed by atoms with Gasteiger partial charge in [-0.1, -0.05) is 0 Å². The van der Waals surface area contributed by atoms with Crippen molar-refractivity contribution in [1.82, 2.24) is 19.5 Å². The highest BCUT2D eigenvalue weighted by molar-refractivity contribution is 6.01. The monoisotopic (exact) mass is 260 g/mol. The number of nitrogens with zero attached hydrogens (tertiary/aromatic N) is 4. The van der Waals surface area contributed by atoms with E-state index in [9.17, 15) is 9.59 Å². The lowest BCUT2D eigenvalue weighted by Gasteiger charge is -2.19. The molecule has 3 rings (SSSR count). The molecule has 1 saturated carbocycles. The van der Waals surface area contributed by atoms with E-state index in [2.05, 4.69) is 10.1 Å². The van der Waals surface area contributed by atoms with Gasteiger partial charge in [0.2, 0.25) is 0 Å². The maximum Gasteiger partial charge on any atom is 0.323 e. The van der Waals surface area contributed by atoms with Gasteiger partial charge in [0.15, 0.2) is 0 Å². The minimum Gasteiger partial charge on any atom is -0.480 e. The predicted molar refractivity (Wildman–Crippen MR) is 64.7 cm³/mol. The van der Waals surface area contributed by atoms with E-state index in [1.165, 1.54) is 11.1 Å². The Balaban J connectivity index is 1.95. The number of hydrogen-bond donors (Lipinski definition) is 1. The molecule has 0 aromatic carbocycles. The second-order valence-corrected chi connectivity index (χ2v) is 4.52. The van der Waals surface area contributed by atoms with Crippen LogP contribution in [0.25, 0.3) is 5.52 Å². The van der Waals surface area contributed by atoms with Crippen molar-refractivity contribution in [3.63, 3.8) is 0 Å². The Labute approximate surface area is 108 Å². The van der Waals surface area contributed by atoms with Crippen LogP contribution < -0.4 is 0 Å². The van der Waals surface area contributed by atoms with Crippen molar-refractivity contribution in [2.24, 2.45) is 0 Å². The molecule has 0 saturated heterocycles. The summed E-state index contributed by atoms with van der Waals surface area (Å²) in [5.41, 5.74) is 0.977. The van der Waals surface area contributed by atoms with Gasteiger partial charge < -0.3 is 10.0 Å². The molecule has 7 heteroatoms. The molecule has 1 amide bonds. The highest BCUT2D eigenvalue weighted by atomic mass is 16.4. The van der Waals surface area contributed by atoms with E-state index < -0.39 is 5.97 Å². The third-order valence-corrected chi connectivity index (χ3v) is 3.11. The molecule has 2 aromatic heterocycles. The van der Waals surface area contributed by atoms with Crippen LogP contribution in [0.1, 0.15) is 23.2 Å². The SMILES string of the molecule is O=C(O)CN(C(=O)c1cnn2ccncc12)C1CC1. The van der Waals surface area contributed by atoms with Crippen LogP contribution in [0.5, 0.6) is 0 Å². The zero-order valence-corrected chi connectivity index (χ0v) is 10.1. The Morgan fingerprint density at radius 3 is 2.89 bits per heavy atom. The summed E-state index contributed by atoms with van der Waals surface area (Å²) >= 11 is 0. The van der Waals surface area contributed by atoms with Gasteiger partial charge in [0.25, 0.3) is 5.91 Å². The van der Waals surface area contributed by atoms with Gasteiger partial charge >= 0.3 is 5.97 Å². The molecule has 7 nitrogen and oxygen atoms in total. The van der Waals surface area contributed by atoms with Crippen LogP contribution in [-0.2, 0) is 4.79 Å². The minimum absolute atomic E-state index is 0.0372. The molecule has 1 aliphatic carbocycles. The summed E-state index contributed by atoms with van der Waals surface area (Å²) in [6.07, 6.45) is 7.94. The molecule has 1 N–H and O–H groups in total. The first-order chi connectivity index (χ1) is 9.16. The normalized spacial score (nSPS) is 14.5. The average Bonchev–Trinajstić information content (AvgIpc) is 3.14. The molecule has 0 aliphatic heterocycles. The number of aromatic nitrogens is 3. The fraction of sp³-hybridized carbons (Fsp3) is 0.333. The number of carboxylic acid groups (broad SMARTS) is 1. The lowest BCUT2D eigenvalue weighted by atomic mass is 10.2. The van der Waals surface area contributed by atoms with Gasteiger partial charge in [-0.2, -0.15) is 5.10 Å². The highest BCUT2D eigenvalue weighted by Crippen LogP contribution is 2.28. The number of fused-ring (bicyclic) bond motifs is 1. The molecule has 0 unspecified atom stereocenters. The summed E-state index contributed by atoms with van der Waals surface area (Å²) in [5, 5.41) is 13.0. The number of rotatable bonds is 4. The summed E-state index contributed by atoms with van der Waals surface area (Å²) < 4.78 is 1.55.